The van der Waals surface area contributed by atoms with Crippen molar-refractivity contribution < 1.29 is 0 Å². The summed E-state index contributed by atoms with van der Waals surface area (Å²) < 4.78 is 0. The standard InChI is InChI=1S/C25H21NS/c1-2-10-19(11-3-1)23-17-25(27-24-16-7-6-15-22(24)26-23)21-14-8-12-18-9-4-5-13-20(18)21/h1-16,23,25-26H,17H2/t23-,25-/m0/s1. The fourth-order valence-electron chi connectivity index (χ4n) is 3.98. The van der Waals surface area contributed by atoms with Crippen LogP contribution in [0, 0.1) is 0 Å². The van der Waals surface area contributed by atoms with Gasteiger partial charge >= 0.3 is 0 Å². The number of hydrogen-bond acceptors (Lipinski definition) is 2. The van der Waals surface area contributed by atoms with Crippen molar-refractivity contribution in [2.24, 2.45) is 0 Å². The lowest BCUT2D eigenvalue weighted by Crippen LogP contribution is -2.11. The Morgan fingerprint density at radius 2 is 1.44 bits per heavy atom. The summed E-state index contributed by atoms with van der Waals surface area (Å²) in [6, 6.07) is 35.2. The van der Waals surface area contributed by atoms with E-state index in [1.807, 2.05) is 11.8 Å². The molecule has 0 saturated carbocycles. The molecular weight excluding hydrogens is 346 g/mol. The monoisotopic (exact) mass is 367 g/mol. The number of nitrogens with one attached hydrogen (secondary N) is 1. The van der Waals surface area contributed by atoms with Crippen molar-refractivity contribution in [3.05, 3.63) is 108 Å². The summed E-state index contributed by atoms with van der Waals surface area (Å²) in [6.07, 6.45) is 1.05. The van der Waals surface area contributed by atoms with E-state index in [2.05, 4.69) is 102 Å². The first kappa shape index (κ1) is 16.5. The highest BCUT2D eigenvalue weighted by atomic mass is 32.2. The third kappa shape index (κ3) is 3.22. The molecule has 0 radical (unpaired) electrons. The molecule has 1 aliphatic rings. The molecule has 5 rings (SSSR count). The molecule has 0 amide bonds. The Balaban J connectivity index is 1.63. The zero-order valence-corrected chi connectivity index (χ0v) is 15.8. The molecule has 0 aliphatic carbocycles. The molecule has 0 bridgehead atoms. The van der Waals surface area contributed by atoms with Crippen LogP contribution in [0.1, 0.15) is 28.8 Å². The van der Waals surface area contributed by atoms with Crippen LogP contribution in [0.2, 0.25) is 0 Å². The Morgan fingerprint density at radius 1 is 0.704 bits per heavy atom. The quantitative estimate of drug-likeness (QED) is 0.401. The fourth-order valence-corrected chi connectivity index (χ4v) is 5.32. The molecule has 1 N–H and O–H groups in total. The Labute approximate surface area is 164 Å². The van der Waals surface area contributed by atoms with Crippen LogP contribution in [0.15, 0.2) is 102 Å². The summed E-state index contributed by atoms with van der Waals surface area (Å²) in [7, 11) is 0. The highest BCUT2D eigenvalue weighted by molar-refractivity contribution is 7.99. The number of thioether (sulfide) groups is 1. The zero-order chi connectivity index (χ0) is 18.1. The molecule has 0 fully saturated rings. The first-order valence-electron chi connectivity index (χ1n) is 9.43. The first-order chi connectivity index (χ1) is 13.4. The van der Waals surface area contributed by atoms with Gasteiger partial charge in [0, 0.05) is 15.8 Å². The Morgan fingerprint density at radius 3 is 2.37 bits per heavy atom. The van der Waals surface area contributed by atoms with E-state index in [0.717, 1.165) is 6.42 Å². The topological polar surface area (TPSA) is 12.0 Å². The number of benzene rings is 4. The van der Waals surface area contributed by atoms with E-state index >= 15 is 0 Å². The average Bonchev–Trinajstić information content (AvgIpc) is 2.94. The lowest BCUT2D eigenvalue weighted by molar-refractivity contribution is 0.689. The normalized spacial score (nSPS) is 19.1. The molecule has 1 heterocycles. The maximum Gasteiger partial charge on any atom is 0.0528 e. The second kappa shape index (κ2) is 7.13. The van der Waals surface area contributed by atoms with E-state index in [4.69, 9.17) is 0 Å². The Hall–Kier alpha value is -2.71. The van der Waals surface area contributed by atoms with Gasteiger partial charge in [-0.1, -0.05) is 84.9 Å². The van der Waals surface area contributed by atoms with Crippen LogP contribution in [-0.4, -0.2) is 0 Å². The van der Waals surface area contributed by atoms with E-state index in [1.54, 1.807) is 0 Å². The van der Waals surface area contributed by atoms with Crippen molar-refractivity contribution in [3.8, 4) is 0 Å². The molecule has 132 valence electrons. The van der Waals surface area contributed by atoms with Crippen molar-refractivity contribution in [3.63, 3.8) is 0 Å². The molecule has 0 saturated heterocycles. The molecule has 4 aromatic rings. The van der Waals surface area contributed by atoms with Crippen LogP contribution < -0.4 is 5.32 Å². The van der Waals surface area contributed by atoms with E-state index in [-0.39, 0.29) is 0 Å². The summed E-state index contributed by atoms with van der Waals surface area (Å²) in [6.45, 7) is 0. The summed E-state index contributed by atoms with van der Waals surface area (Å²) in [5, 5.41) is 6.88. The van der Waals surface area contributed by atoms with Crippen molar-refractivity contribution >= 4 is 28.2 Å². The fraction of sp³-hybridized carbons (Fsp3) is 0.120. The van der Waals surface area contributed by atoms with Crippen LogP contribution in [0.25, 0.3) is 10.8 Å². The zero-order valence-electron chi connectivity index (χ0n) is 15.0. The lowest BCUT2D eigenvalue weighted by Gasteiger charge is -2.22. The minimum atomic E-state index is 0.298. The van der Waals surface area contributed by atoms with Gasteiger partial charge in [-0.05, 0) is 40.5 Å². The van der Waals surface area contributed by atoms with Crippen molar-refractivity contribution in [2.75, 3.05) is 5.32 Å². The van der Waals surface area contributed by atoms with Gasteiger partial charge in [0.05, 0.1) is 6.04 Å². The number of fused-ring (bicyclic) bond motifs is 2. The molecule has 27 heavy (non-hydrogen) atoms. The number of anilines is 1. The minimum Gasteiger partial charge on any atom is -0.377 e. The van der Waals surface area contributed by atoms with Crippen LogP contribution in [0.4, 0.5) is 5.69 Å². The molecule has 1 nitrogen and oxygen atoms in total. The van der Waals surface area contributed by atoms with Crippen molar-refractivity contribution in [1.82, 2.24) is 0 Å². The Kier molecular flexibility index (Phi) is 4.35. The van der Waals surface area contributed by atoms with Crippen LogP contribution >= 0.6 is 11.8 Å². The minimum absolute atomic E-state index is 0.298. The summed E-state index contributed by atoms with van der Waals surface area (Å²) >= 11 is 1.98. The molecular formula is C25H21NS. The van der Waals surface area contributed by atoms with Gasteiger partial charge in [0.15, 0.2) is 0 Å². The smallest absolute Gasteiger partial charge is 0.0528 e. The molecule has 2 heteroatoms. The second-order valence-corrected chi connectivity index (χ2v) is 8.26. The van der Waals surface area contributed by atoms with Gasteiger partial charge in [-0.2, -0.15) is 0 Å². The molecule has 1 aliphatic heterocycles. The van der Waals surface area contributed by atoms with Gasteiger partial charge < -0.3 is 5.32 Å². The van der Waals surface area contributed by atoms with Gasteiger partial charge in [0.2, 0.25) is 0 Å². The van der Waals surface area contributed by atoms with Gasteiger partial charge in [-0.3, -0.25) is 0 Å². The predicted molar refractivity (Wildman–Crippen MR) is 116 cm³/mol. The lowest BCUT2D eigenvalue weighted by atomic mass is 9.95. The molecule has 0 spiro atoms. The van der Waals surface area contributed by atoms with Crippen molar-refractivity contribution in [2.45, 2.75) is 22.6 Å². The van der Waals surface area contributed by atoms with E-state index in [9.17, 15) is 0 Å². The maximum atomic E-state index is 3.80. The highest BCUT2D eigenvalue weighted by Gasteiger charge is 2.26. The molecule has 2 atom stereocenters. The van der Waals surface area contributed by atoms with Crippen LogP contribution in [0.5, 0.6) is 0 Å². The van der Waals surface area contributed by atoms with Crippen LogP contribution in [0.3, 0.4) is 0 Å². The molecule has 4 aromatic carbocycles. The van der Waals surface area contributed by atoms with Crippen molar-refractivity contribution in [1.29, 1.82) is 0 Å². The largest absolute Gasteiger partial charge is 0.377 e. The number of rotatable bonds is 2. The third-order valence-electron chi connectivity index (χ3n) is 5.31. The van der Waals surface area contributed by atoms with Gasteiger partial charge in [-0.15, -0.1) is 11.8 Å². The maximum absolute atomic E-state index is 3.80. The first-order valence-corrected chi connectivity index (χ1v) is 10.3. The SMILES string of the molecule is c1ccc([C@@H]2C[C@@H](c3cccc4ccccc34)Sc3ccccc3N2)cc1. The molecule has 0 aromatic heterocycles. The third-order valence-corrected chi connectivity index (χ3v) is 6.65. The van der Waals surface area contributed by atoms with E-state index in [0.29, 0.717) is 11.3 Å². The summed E-state index contributed by atoms with van der Waals surface area (Å²) in [5.41, 5.74) is 4.01. The van der Waals surface area contributed by atoms with E-state index < -0.39 is 0 Å². The second-order valence-electron chi connectivity index (χ2n) is 7.01. The summed E-state index contributed by atoms with van der Waals surface area (Å²) in [5.74, 6) is 0. The number of hydrogen-bond donors (Lipinski definition) is 1. The molecule has 0 unspecified atom stereocenters. The summed E-state index contributed by atoms with van der Waals surface area (Å²) in [4.78, 5) is 1.33. The number of para-hydroxylation sites is 1. The Bertz CT molecular complexity index is 1070. The van der Waals surface area contributed by atoms with Crippen LogP contribution in [-0.2, 0) is 0 Å². The highest BCUT2D eigenvalue weighted by Crippen LogP contribution is 2.49. The van der Waals surface area contributed by atoms with Gasteiger partial charge in [-0.25, -0.2) is 0 Å². The van der Waals surface area contributed by atoms with E-state index in [1.165, 1.54) is 32.5 Å². The van der Waals surface area contributed by atoms with Gasteiger partial charge in [0.25, 0.3) is 0 Å². The van der Waals surface area contributed by atoms with Gasteiger partial charge in [0.1, 0.15) is 0 Å². The average molecular weight is 368 g/mol. The predicted octanol–water partition coefficient (Wildman–Crippen LogP) is 7.23.